The maximum absolute atomic E-state index is 9.12. The minimum Gasteiger partial charge on any atom is -0.378 e. The van der Waals surface area contributed by atoms with Crippen LogP contribution in [0.2, 0.25) is 5.02 Å². The van der Waals surface area contributed by atoms with Crippen LogP contribution >= 0.6 is 11.6 Å². The molecule has 1 aromatic carbocycles. The second-order valence-corrected chi connectivity index (χ2v) is 5.22. The van der Waals surface area contributed by atoms with E-state index in [2.05, 4.69) is 16.4 Å². The Labute approximate surface area is 127 Å². The number of rotatable bonds is 3. The second kappa shape index (κ2) is 5.47. The third kappa shape index (κ3) is 2.69. The highest BCUT2D eigenvalue weighted by molar-refractivity contribution is 6.30. The molecule has 0 bridgehead atoms. The van der Waals surface area contributed by atoms with Crippen LogP contribution in [0.15, 0.2) is 42.6 Å². The van der Waals surface area contributed by atoms with Gasteiger partial charge in [-0.2, -0.15) is 5.26 Å². The molecule has 21 heavy (non-hydrogen) atoms. The molecule has 3 rings (SSSR count). The molecular formula is C16H13ClN4. The van der Waals surface area contributed by atoms with Crippen molar-refractivity contribution in [1.29, 1.82) is 5.26 Å². The van der Waals surface area contributed by atoms with Gasteiger partial charge in [-0.3, -0.25) is 0 Å². The number of benzene rings is 1. The van der Waals surface area contributed by atoms with Gasteiger partial charge in [-0.15, -0.1) is 0 Å². The van der Waals surface area contributed by atoms with Crippen LogP contribution in [0.5, 0.6) is 0 Å². The van der Waals surface area contributed by atoms with Gasteiger partial charge in [-0.1, -0.05) is 17.7 Å². The first kappa shape index (κ1) is 13.5. The molecule has 5 heteroatoms. The number of aryl methyl sites for hydroxylation is 1. The predicted molar refractivity (Wildman–Crippen MR) is 83.4 cm³/mol. The summed E-state index contributed by atoms with van der Waals surface area (Å²) in [7, 11) is 0. The fourth-order valence-corrected chi connectivity index (χ4v) is 2.41. The summed E-state index contributed by atoms with van der Waals surface area (Å²) in [5, 5.41) is 12.9. The van der Waals surface area contributed by atoms with E-state index in [-0.39, 0.29) is 0 Å². The number of nitriles is 1. The zero-order chi connectivity index (χ0) is 14.8. The monoisotopic (exact) mass is 296 g/mol. The summed E-state index contributed by atoms with van der Waals surface area (Å²) in [4.78, 5) is 4.55. The van der Waals surface area contributed by atoms with E-state index in [4.69, 9.17) is 16.9 Å². The van der Waals surface area contributed by atoms with Crippen LogP contribution in [0.4, 0.5) is 5.69 Å². The minimum absolute atomic E-state index is 0.530. The van der Waals surface area contributed by atoms with Gasteiger partial charge in [-0.25, -0.2) is 4.98 Å². The second-order valence-electron chi connectivity index (χ2n) is 4.78. The van der Waals surface area contributed by atoms with Gasteiger partial charge < -0.3 is 9.72 Å². The maximum atomic E-state index is 9.12. The van der Waals surface area contributed by atoms with E-state index in [1.165, 1.54) is 0 Å². The summed E-state index contributed by atoms with van der Waals surface area (Å²) in [5.74, 6) is 0. The van der Waals surface area contributed by atoms with Gasteiger partial charge in [0.1, 0.15) is 11.7 Å². The highest BCUT2D eigenvalue weighted by Gasteiger charge is 2.06. The lowest BCUT2D eigenvalue weighted by atomic mass is 10.2. The number of hydrogen-bond donors (Lipinski definition) is 1. The lowest BCUT2D eigenvalue weighted by molar-refractivity contribution is 1.06. The van der Waals surface area contributed by atoms with Crippen molar-refractivity contribution in [2.45, 2.75) is 13.5 Å². The lowest BCUT2D eigenvalue weighted by Gasteiger charge is -2.06. The number of nitrogens with one attached hydrogen (secondary N) is 1. The van der Waals surface area contributed by atoms with Crippen molar-refractivity contribution in [3.63, 3.8) is 0 Å². The number of nitrogens with zero attached hydrogens (tertiary/aromatic N) is 3. The summed E-state index contributed by atoms with van der Waals surface area (Å²) in [6.07, 6.45) is 2.00. The highest BCUT2D eigenvalue weighted by atomic mass is 35.5. The largest absolute Gasteiger partial charge is 0.378 e. The van der Waals surface area contributed by atoms with Crippen LogP contribution in [-0.4, -0.2) is 9.38 Å². The molecule has 0 unspecified atom stereocenters. The van der Waals surface area contributed by atoms with Crippen molar-refractivity contribution in [3.05, 3.63) is 64.6 Å². The molecule has 0 atom stereocenters. The van der Waals surface area contributed by atoms with Crippen molar-refractivity contribution in [1.82, 2.24) is 9.38 Å². The Morgan fingerprint density at radius 3 is 2.95 bits per heavy atom. The SMILES string of the molecule is Cc1cccc2nc(CNc3ccc(Cl)cc3C#N)cn12. The summed E-state index contributed by atoms with van der Waals surface area (Å²) in [6.45, 7) is 2.59. The molecule has 0 spiro atoms. The average Bonchev–Trinajstić information content (AvgIpc) is 2.90. The molecule has 3 aromatic rings. The predicted octanol–water partition coefficient (Wildman–Crippen LogP) is 3.78. The van der Waals surface area contributed by atoms with E-state index in [0.717, 1.165) is 22.7 Å². The summed E-state index contributed by atoms with van der Waals surface area (Å²) >= 11 is 5.89. The van der Waals surface area contributed by atoms with Gasteiger partial charge in [0.25, 0.3) is 0 Å². The van der Waals surface area contributed by atoms with Crippen LogP contribution in [0.3, 0.4) is 0 Å². The molecule has 0 aliphatic carbocycles. The maximum Gasteiger partial charge on any atom is 0.137 e. The standard InChI is InChI=1S/C16H13ClN4/c1-11-3-2-4-16-20-14(10-21(11)16)9-19-15-6-5-13(17)7-12(15)8-18/h2-7,10,19H,9H2,1H3. The molecule has 0 fully saturated rings. The van der Waals surface area contributed by atoms with Crippen LogP contribution in [0.25, 0.3) is 5.65 Å². The molecule has 2 aromatic heterocycles. The van der Waals surface area contributed by atoms with E-state index < -0.39 is 0 Å². The summed E-state index contributed by atoms with van der Waals surface area (Å²) < 4.78 is 2.05. The van der Waals surface area contributed by atoms with Gasteiger partial charge in [-0.05, 0) is 37.3 Å². The van der Waals surface area contributed by atoms with E-state index in [1.54, 1.807) is 12.1 Å². The smallest absolute Gasteiger partial charge is 0.137 e. The summed E-state index contributed by atoms with van der Waals surface area (Å²) in [5.41, 5.74) is 4.26. The van der Waals surface area contributed by atoms with Crippen molar-refractivity contribution >= 4 is 22.9 Å². The third-order valence-corrected chi connectivity index (χ3v) is 3.54. The number of hydrogen-bond acceptors (Lipinski definition) is 3. The number of fused-ring (bicyclic) bond motifs is 1. The van der Waals surface area contributed by atoms with Crippen molar-refractivity contribution < 1.29 is 0 Å². The van der Waals surface area contributed by atoms with Crippen LogP contribution in [-0.2, 0) is 6.54 Å². The first-order chi connectivity index (χ1) is 10.2. The number of halogens is 1. The molecular weight excluding hydrogens is 284 g/mol. The van der Waals surface area contributed by atoms with Crippen molar-refractivity contribution in [3.8, 4) is 6.07 Å². The lowest BCUT2D eigenvalue weighted by Crippen LogP contribution is -2.01. The number of anilines is 1. The van der Waals surface area contributed by atoms with Gasteiger partial charge in [0.15, 0.2) is 0 Å². The Morgan fingerprint density at radius 1 is 1.33 bits per heavy atom. The van der Waals surface area contributed by atoms with Gasteiger partial charge in [0.2, 0.25) is 0 Å². The number of pyridine rings is 1. The summed E-state index contributed by atoms with van der Waals surface area (Å²) in [6, 6.07) is 13.4. The third-order valence-electron chi connectivity index (χ3n) is 3.31. The Hall–Kier alpha value is -2.51. The first-order valence-electron chi connectivity index (χ1n) is 6.54. The molecule has 4 nitrogen and oxygen atoms in total. The molecule has 0 aliphatic heterocycles. The zero-order valence-electron chi connectivity index (χ0n) is 11.5. The first-order valence-corrected chi connectivity index (χ1v) is 6.92. The topological polar surface area (TPSA) is 53.1 Å². The van der Waals surface area contributed by atoms with Gasteiger partial charge in [0.05, 0.1) is 23.5 Å². The molecule has 2 heterocycles. The Morgan fingerprint density at radius 2 is 2.19 bits per heavy atom. The van der Waals surface area contributed by atoms with Crippen LogP contribution in [0.1, 0.15) is 17.0 Å². The fraction of sp³-hybridized carbons (Fsp3) is 0.125. The van der Waals surface area contributed by atoms with E-state index in [9.17, 15) is 0 Å². The van der Waals surface area contributed by atoms with Gasteiger partial charge in [0, 0.05) is 16.9 Å². The fourth-order valence-electron chi connectivity index (χ4n) is 2.23. The van der Waals surface area contributed by atoms with E-state index in [0.29, 0.717) is 17.1 Å². The van der Waals surface area contributed by atoms with Crippen molar-refractivity contribution in [2.75, 3.05) is 5.32 Å². The van der Waals surface area contributed by atoms with Crippen molar-refractivity contribution in [2.24, 2.45) is 0 Å². The number of aromatic nitrogens is 2. The Bertz CT molecular complexity index is 845. The minimum atomic E-state index is 0.530. The van der Waals surface area contributed by atoms with E-state index in [1.807, 2.05) is 41.8 Å². The van der Waals surface area contributed by atoms with Crippen LogP contribution in [0, 0.1) is 18.3 Å². The number of imidazole rings is 1. The highest BCUT2D eigenvalue weighted by Crippen LogP contribution is 2.20. The molecule has 0 saturated carbocycles. The molecule has 104 valence electrons. The quantitative estimate of drug-likeness (QED) is 0.800. The normalized spacial score (nSPS) is 10.5. The van der Waals surface area contributed by atoms with Gasteiger partial charge >= 0.3 is 0 Å². The molecule has 0 amide bonds. The average molecular weight is 297 g/mol. The Balaban J connectivity index is 1.84. The molecule has 1 N–H and O–H groups in total. The van der Waals surface area contributed by atoms with Crippen LogP contribution < -0.4 is 5.32 Å². The van der Waals surface area contributed by atoms with E-state index >= 15 is 0 Å². The molecule has 0 saturated heterocycles. The molecule has 0 aliphatic rings. The molecule has 0 radical (unpaired) electrons. The zero-order valence-corrected chi connectivity index (χ0v) is 12.2. The Kier molecular flexibility index (Phi) is 3.51.